The summed E-state index contributed by atoms with van der Waals surface area (Å²) in [6.07, 6.45) is 6.94. The Morgan fingerprint density at radius 3 is 2.62 bits per heavy atom. The number of rotatable bonds is 5. The summed E-state index contributed by atoms with van der Waals surface area (Å²) in [5.74, 6) is -1.13. The van der Waals surface area contributed by atoms with Crippen LogP contribution in [-0.2, 0) is 19.1 Å². The molecule has 0 atom stereocenters. The van der Waals surface area contributed by atoms with Crippen molar-refractivity contribution >= 4 is 23.5 Å². The number of amides is 2. The molecule has 1 aliphatic heterocycles. The summed E-state index contributed by atoms with van der Waals surface area (Å²) in [7, 11) is 0. The van der Waals surface area contributed by atoms with E-state index < -0.39 is 5.97 Å². The molecule has 1 aromatic carbocycles. The van der Waals surface area contributed by atoms with Crippen LogP contribution < -0.4 is 15.8 Å². The number of ether oxygens (including phenoxy) is 1. The minimum Gasteiger partial charge on any atom is -0.451 e. The van der Waals surface area contributed by atoms with Gasteiger partial charge in [-0.05, 0) is 31.1 Å². The predicted octanol–water partition coefficient (Wildman–Crippen LogP) is 1.80. The van der Waals surface area contributed by atoms with Crippen molar-refractivity contribution in [1.29, 1.82) is 0 Å². The Kier molecular flexibility index (Phi) is 5.88. The maximum Gasteiger partial charge on any atom is 0.356 e. The van der Waals surface area contributed by atoms with Crippen LogP contribution in [0.1, 0.15) is 38.5 Å². The van der Waals surface area contributed by atoms with Crippen molar-refractivity contribution in [2.24, 2.45) is 0 Å². The van der Waals surface area contributed by atoms with Crippen LogP contribution in [0, 0.1) is 0 Å². The van der Waals surface area contributed by atoms with Crippen molar-refractivity contribution in [2.75, 3.05) is 11.6 Å². The van der Waals surface area contributed by atoms with Gasteiger partial charge in [-0.25, -0.2) is 9.80 Å². The first-order valence-corrected chi connectivity index (χ1v) is 8.95. The molecule has 2 aliphatic rings. The molecule has 0 aromatic heterocycles. The number of hydrogen-bond donors (Lipinski definition) is 2. The minimum absolute atomic E-state index is 0.0839. The molecule has 7 heteroatoms. The number of esters is 1. The Labute approximate surface area is 152 Å². The van der Waals surface area contributed by atoms with Gasteiger partial charge >= 0.3 is 5.97 Å². The fraction of sp³-hybridized carbons (Fsp3) is 0.421. The molecule has 1 fully saturated rings. The van der Waals surface area contributed by atoms with Crippen molar-refractivity contribution < 1.29 is 19.1 Å². The lowest BCUT2D eigenvalue weighted by molar-refractivity contribution is -0.145. The van der Waals surface area contributed by atoms with Gasteiger partial charge in [-0.2, -0.15) is 0 Å². The molecule has 26 heavy (non-hydrogen) atoms. The number of carbonyl (C=O) groups excluding carboxylic acids is 3. The summed E-state index contributed by atoms with van der Waals surface area (Å²) < 4.78 is 5.08. The third kappa shape index (κ3) is 4.62. The van der Waals surface area contributed by atoms with E-state index >= 15 is 0 Å². The molecular weight excluding hydrogens is 334 g/mol. The lowest BCUT2D eigenvalue weighted by atomic mass is 9.95. The van der Waals surface area contributed by atoms with E-state index in [2.05, 4.69) is 10.7 Å². The van der Waals surface area contributed by atoms with Crippen LogP contribution in [0.5, 0.6) is 0 Å². The van der Waals surface area contributed by atoms with Crippen LogP contribution in [0.2, 0.25) is 0 Å². The molecule has 0 saturated heterocycles. The third-order valence-corrected chi connectivity index (χ3v) is 4.50. The molecule has 1 saturated carbocycles. The Morgan fingerprint density at radius 1 is 1.15 bits per heavy atom. The van der Waals surface area contributed by atoms with Crippen LogP contribution in [0.3, 0.4) is 0 Å². The van der Waals surface area contributed by atoms with Gasteiger partial charge in [0.05, 0.1) is 5.69 Å². The van der Waals surface area contributed by atoms with Gasteiger partial charge in [0.2, 0.25) is 5.91 Å². The second kappa shape index (κ2) is 8.51. The number of anilines is 1. The fourth-order valence-corrected chi connectivity index (χ4v) is 3.15. The number of hydrogen-bond acceptors (Lipinski definition) is 5. The molecule has 1 aliphatic carbocycles. The van der Waals surface area contributed by atoms with Crippen molar-refractivity contribution in [1.82, 2.24) is 10.7 Å². The van der Waals surface area contributed by atoms with Gasteiger partial charge in [-0.3, -0.25) is 15.0 Å². The quantitative estimate of drug-likeness (QED) is 0.785. The van der Waals surface area contributed by atoms with Gasteiger partial charge in [-0.15, -0.1) is 0 Å². The Hall–Kier alpha value is -2.83. The molecule has 2 N–H and O–H groups in total. The fourth-order valence-electron chi connectivity index (χ4n) is 3.15. The second-order valence-electron chi connectivity index (χ2n) is 6.48. The number of carbonyl (C=O) groups is 3. The second-order valence-corrected chi connectivity index (χ2v) is 6.48. The summed E-state index contributed by atoms with van der Waals surface area (Å²) in [4.78, 5) is 36.2. The Morgan fingerprint density at radius 2 is 1.88 bits per heavy atom. The van der Waals surface area contributed by atoms with E-state index in [4.69, 9.17) is 4.74 Å². The first-order valence-electron chi connectivity index (χ1n) is 8.95. The zero-order valence-electron chi connectivity index (χ0n) is 14.6. The van der Waals surface area contributed by atoms with Crippen LogP contribution in [-0.4, -0.2) is 30.4 Å². The molecule has 0 radical (unpaired) electrons. The maximum atomic E-state index is 12.2. The van der Waals surface area contributed by atoms with E-state index in [1.54, 1.807) is 24.3 Å². The van der Waals surface area contributed by atoms with Crippen LogP contribution in [0.15, 0.2) is 42.1 Å². The van der Waals surface area contributed by atoms with Gasteiger partial charge in [0, 0.05) is 12.5 Å². The van der Waals surface area contributed by atoms with Crippen molar-refractivity contribution in [3.8, 4) is 0 Å². The number of nitrogens with zero attached hydrogens (tertiary/aromatic N) is 1. The predicted molar refractivity (Wildman–Crippen MR) is 95.7 cm³/mol. The van der Waals surface area contributed by atoms with Gasteiger partial charge in [-0.1, -0.05) is 37.5 Å². The van der Waals surface area contributed by atoms with E-state index in [1.165, 1.54) is 17.5 Å². The van der Waals surface area contributed by atoms with Crippen molar-refractivity contribution in [3.63, 3.8) is 0 Å². The smallest absolute Gasteiger partial charge is 0.356 e. The largest absolute Gasteiger partial charge is 0.451 e. The molecule has 0 bridgehead atoms. The molecule has 1 aromatic rings. The average Bonchev–Trinajstić information content (AvgIpc) is 2.68. The first kappa shape index (κ1) is 18.0. The van der Waals surface area contributed by atoms with Crippen LogP contribution in [0.25, 0.3) is 0 Å². The van der Waals surface area contributed by atoms with E-state index in [9.17, 15) is 14.4 Å². The summed E-state index contributed by atoms with van der Waals surface area (Å²) in [6, 6.07) is 9.14. The molecule has 0 unspecified atom stereocenters. The number of benzene rings is 1. The Balaban J connectivity index is 1.51. The van der Waals surface area contributed by atoms with Gasteiger partial charge < -0.3 is 10.1 Å². The Bertz CT molecular complexity index is 696. The molecule has 0 spiro atoms. The molecule has 7 nitrogen and oxygen atoms in total. The highest BCUT2D eigenvalue weighted by Crippen LogP contribution is 2.18. The summed E-state index contributed by atoms with van der Waals surface area (Å²) in [6.45, 7) is -0.326. The van der Waals surface area contributed by atoms with E-state index in [-0.39, 0.29) is 36.6 Å². The van der Waals surface area contributed by atoms with E-state index in [0.717, 1.165) is 25.7 Å². The maximum absolute atomic E-state index is 12.2. The van der Waals surface area contributed by atoms with Gasteiger partial charge in [0.15, 0.2) is 6.61 Å². The number of hydrazine groups is 1. The summed E-state index contributed by atoms with van der Waals surface area (Å²) in [5.41, 5.74) is 3.55. The normalized spacial score (nSPS) is 17.9. The molecular formula is C19H23N3O4. The third-order valence-electron chi connectivity index (χ3n) is 4.50. The van der Waals surface area contributed by atoms with Crippen LogP contribution in [0.4, 0.5) is 5.69 Å². The minimum atomic E-state index is -0.655. The van der Waals surface area contributed by atoms with Gasteiger partial charge in [0.1, 0.15) is 5.70 Å². The zero-order valence-corrected chi connectivity index (χ0v) is 14.6. The zero-order chi connectivity index (χ0) is 18.4. The van der Waals surface area contributed by atoms with E-state index in [1.807, 2.05) is 6.07 Å². The van der Waals surface area contributed by atoms with Crippen molar-refractivity contribution in [2.45, 2.75) is 44.6 Å². The first-order chi connectivity index (χ1) is 12.6. The summed E-state index contributed by atoms with van der Waals surface area (Å²) in [5, 5.41) is 4.20. The average molecular weight is 357 g/mol. The lowest BCUT2D eigenvalue weighted by Crippen LogP contribution is -2.47. The number of para-hydroxylation sites is 1. The monoisotopic (exact) mass is 357 g/mol. The molecule has 3 rings (SSSR count). The highest BCUT2D eigenvalue weighted by atomic mass is 16.5. The molecule has 138 valence electrons. The standard InChI is InChI=1S/C19H23N3O4/c23-17(20-14-7-3-1-4-8-14)13-26-19(25)16-11-12-18(24)22(21-16)15-9-5-2-6-10-15/h2,5-6,9-11,14,21H,1,3-4,7-8,12-13H2,(H,20,23). The number of nitrogens with one attached hydrogen (secondary N) is 2. The molecule has 2 amide bonds. The van der Waals surface area contributed by atoms with Gasteiger partial charge in [0.25, 0.3) is 5.91 Å². The SMILES string of the molecule is O=C(COC(=O)C1=CCC(=O)N(c2ccccc2)N1)NC1CCCCC1. The van der Waals surface area contributed by atoms with Crippen LogP contribution >= 0.6 is 0 Å². The highest BCUT2D eigenvalue weighted by molar-refractivity contribution is 5.99. The van der Waals surface area contributed by atoms with E-state index in [0.29, 0.717) is 5.69 Å². The topological polar surface area (TPSA) is 87.7 Å². The van der Waals surface area contributed by atoms with Crippen molar-refractivity contribution in [3.05, 3.63) is 42.1 Å². The lowest BCUT2D eigenvalue weighted by Gasteiger charge is -2.28. The molecule has 1 heterocycles. The highest BCUT2D eigenvalue weighted by Gasteiger charge is 2.25. The summed E-state index contributed by atoms with van der Waals surface area (Å²) >= 11 is 0.